The predicted octanol–water partition coefficient (Wildman–Crippen LogP) is 1.68. The molecule has 1 saturated heterocycles. The molecule has 5 nitrogen and oxygen atoms in total. The second-order valence-electron chi connectivity index (χ2n) is 4.83. The van der Waals surface area contributed by atoms with Gasteiger partial charge in [0.1, 0.15) is 0 Å². The van der Waals surface area contributed by atoms with Gasteiger partial charge in [0.25, 0.3) is 5.91 Å². The zero-order valence-electron chi connectivity index (χ0n) is 11.2. The number of thiophene rings is 1. The Bertz CT molecular complexity index is 491. The number of carbonyl (C=O) groups is 2. The monoisotopic (exact) mass is 283 g/mol. The molecule has 2 atom stereocenters. The van der Waals surface area contributed by atoms with Gasteiger partial charge in [-0.2, -0.15) is 0 Å². The van der Waals surface area contributed by atoms with E-state index in [2.05, 4.69) is 0 Å². The normalized spacial score (nSPS) is 23.4. The standard InChI is InChI=1S/C13H17NO4S/c1-7-4-11(19-9(7)3)12(15)14-5-8(2)18-10(6-14)13(16)17/h4,8,10H,5-6H2,1-3H3,(H,16,17)/t8-,10?/m1/s1. The summed E-state index contributed by atoms with van der Waals surface area (Å²) in [7, 11) is 0. The fourth-order valence-electron chi connectivity index (χ4n) is 2.09. The van der Waals surface area contributed by atoms with E-state index in [4.69, 9.17) is 9.84 Å². The van der Waals surface area contributed by atoms with Crippen LogP contribution in [0.25, 0.3) is 0 Å². The minimum absolute atomic E-state index is 0.106. The van der Waals surface area contributed by atoms with Crippen LogP contribution in [0.4, 0.5) is 0 Å². The van der Waals surface area contributed by atoms with Gasteiger partial charge >= 0.3 is 5.97 Å². The molecule has 0 radical (unpaired) electrons. The minimum Gasteiger partial charge on any atom is -0.479 e. The molecular weight excluding hydrogens is 266 g/mol. The van der Waals surface area contributed by atoms with Gasteiger partial charge in [-0.25, -0.2) is 4.79 Å². The Balaban J connectivity index is 2.16. The molecule has 6 heteroatoms. The second kappa shape index (κ2) is 5.30. The van der Waals surface area contributed by atoms with E-state index in [0.717, 1.165) is 10.4 Å². The third-order valence-electron chi connectivity index (χ3n) is 3.20. The van der Waals surface area contributed by atoms with Crippen LogP contribution < -0.4 is 0 Å². The first-order chi connectivity index (χ1) is 8.88. The van der Waals surface area contributed by atoms with E-state index < -0.39 is 12.1 Å². The fourth-order valence-corrected chi connectivity index (χ4v) is 3.09. The van der Waals surface area contributed by atoms with Gasteiger partial charge < -0.3 is 14.7 Å². The Hall–Kier alpha value is -1.40. The highest BCUT2D eigenvalue weighted by Crippen LogP contribution is 2.23. The first-order valence-electron chi connectivity index (χ1n) is 6.13. The van der Waals surface area contributed by atoms with E-state index in [9.17, 15) is 9.59 Å². The molecule has 1 aliphatic rings. The second-order valence-corrected chi connectivity index (χ2v) is 6.09. The average molecular weight is 283 g/mol. The van der Waals surface area contributed by atoms with E-state index in [-0.39, 0.29) is 18.6 Å². The topological polar surface area (TPSA) is 66.8 Å². The van der Waals surface area contributed by atoms with E-state index in [1.807, 2.05) is 19.9 Å². The fraction of sp³-hybridized carbons (Fsp3) is 0.538. The maximum Gasteiger partial charge on any atom is 0.334 e. The number of morpholine rings is 1. The molecule has 2 rings (SSSR count). The first kappa shape index (κ1) is 14.0. The van der Waals surface area contributed by atoms with Gasteiger partial charge in [0.2, 0.25) is 0 Å². The number of amides is 1. The summed E-state index contributed by atoms with van der Waals surface area (Å²) in [5, 5.41) is 9.01. The molecule has 0 spiro atoms. The average Bonchev–Trinajstić information content (AvgIpc) is 2.68. The Kier molecular flexibility index (Phi) is 3.91. The molecule has 1 N–H and O–H groups in total. The molecule has 0 saturated carbocycles. The summed E-state index contributed by atoms with van der Waals surface area (Å²) in [4.78, 5) is 26.7. The molecular formula is C13H17NO4S. The quantitative estimate of drug-likeness (QED) is 0.896. The molecule has 0 aliphatic carbocycles. The van der Waals surface area contributed by atoms with Crippen molar-refractivity contribution in [1.82, 2.24) is 4.90 Å². The van der Waals surface area contributed by atoms with Crippen LogP contribution >= 0.6 is 11.3 Å². The lowest BCUT2D eigenvalue weighted by Gasteiger charge is -2.34. The van der Waals surface area contributed by atoms with E-state index in [1.165, 1.54) is 11.3 Å². The van der Waals surface area contributed by atoms with Crippen molar-refractivity contribution in [2.24, 2.45) is 0 Å². The van der Waals surface area contributed by atoms with Crippen LogP contribution in [0.5, 0.6) is 0 Å². The van der Waals surface area contributed by atoms with E-state index >= 15 is 0 Å². The zero-order valence-corrected chi connectivity index (χ0v) is 12.0. The summed E-state index contributed by atoms with van der Waals surface area (Å²) < 4.78 is 5.30. The lowest BCUT2D eigenvalue weighted by atomic mass is 10.2. The van der Waals surface area contributed by atoms with Crippen molar-refractivity contribution in [3.05, 3.63) is 21.4 Å². The first-order valence-corrected chi connectivity index (χ1v) is 6.94. The Morgan fingerprint density at radius 2 is 2.11 bits per heavy atom. The van der Waals surface area contributed by atoms with Crippen molar-refractivity contribution in [2.75, 3.05) is 13.1 Å². The number of hydrogen-bond donors (Lipinski definition) is 1. The number of aryl methyl sites for hydroxylation is 2. The number of ether oxygens (including phenoxy) is 1. The molecule has 1 aliphatic heterocycles. The summed E-state index contributed by atoms with van der Waals surface area (Å²) in [5.41, 5.74) is 1.09. The molecule has 0 bridgehead atoms. The van der Waals surface area contributed by atoms with Crippen molar-refractivity contribution in [3.8, 4) is 0 Å². The number of carboxylic acid groups (broad SMARTS) is 1. The molecule has 1 fully saturated rings. The third-order valence-corrected chi connectivity index (χ3v) is 4.34. The molecule has 1 unspecified atom stereocenters. The maximum absolute atomic E-state index is 12.4. The third kappa shape index (κ3) is 2.96. The number of rotatable bonds is 2. The van der Waals surface area contributed by atoms with Gasteiger partial charge in [0.05, 0.1) is 17.5 Å². The van der Waals surface area contributed by atoms with Gasteiger partial charge in [-0.1, -0.05) is 0 Å². The van der Waals surface area contributed by atoms with Crippen LogP contribution in [0.15, 0.2) is 6.07 Å². The Morgan fingerprint density at radius 3 is 2.63 bits per heavy atom. The van der Waals surface area contributed by atoms with Gasteiger partial charge in [0, 0.05) is 11.4 Å². The van der Waals surface area contributed by atoms with Crippen LogP contribution in [0.1, 0.15) is 27.0 Å². The SMILES string of the molecule is Cc1cc(C(=O)N2CC(C(=O)O)O[C@H](C)C2)sc1C. The van der Waals surface area contributed by atoms with E-state index in [1.54, 1.807) is 11.8 Å². The summed E-state index contributed by atoms with van der Waals surface area (Å²) in [6.07, 6.45) is -1.20. The van der Waals surface area contributed by atoms with Gasteiger partial charge in [-0.05, 0) is 32.4 Å². The number of carboxylic acids is 1. The number of carbonyl (C=O) groups excluding carboxylic acids is 1. The number of hydrogen-bond acceptors (Lipinski definition) is 4. The van der Waals surface area contributed by atoms with Crippen LogP contribution in [-0.2, 0) is 9.53 Å². The number of nitrogens with zero attached hydrogens (tertiary/aromatic N) is 1. The highest BCUT2D eigenvalue weighted by molar-refractivity contribution is 7.14. The maximum atomic E-state index is 12.4. The van der Waals surface area contributed by atoms with Gasteiger partial charge in [-0.3, -0.25) is 4.79 Å². The van der Waals surface area contributed by atoms with Crippen molar-refractivity contribution in [3.63, 3.8) is 0 Å². The Morgan fingerprint density at radius 1 is 1.42 bits per heavy atom. The highest BCUT2D eigenvalue weighted by Gasteiger charge is 2.33. The largest absolute Gasteiger partial charge is 0.479 e. The van der Waals surface area contributed by atoms with Crippen molar-refractivity contribution in [2.45, 2.75) is 33.0 Å². The highest BCUT2D eigenvalue weighted by atomic mass is 32.1. The molecule has 19 heavy (non-hydrogen) atoms. The number of aliphatic carboxylic acids is 1. The van der Waals surface area contributed by atoms with Crippen LogP contribution in [0.2, 0.25) is 0 Å². The van der Waals surface area contributed by atoms with Crippen molar-refractivity contribution < 1.29 is 19.4 Å². The lowest BCUT2D eigenvalue weighted by molar-refractivity contribution is -0.160. The molecule has 1 amide bonds. The Labute approximate surface area is 115 Å². The molecule has 1 aromatic heterocycles. The lowest BCUT2D eigenvalue weighted by Crippen LogP contribution is -2.51. The zero-order chi connectivity index (χ0) is 14.2. The molecule has 0 aromatic carbocycles. The molecule has 104 valence electrons. The minimum atomic E-state index is -1.03. The van der Waals surface area contributed by atoms with Gasteiger partial charge in [-0.15, -0.1) is 11.3 Å². The van der Waals surface area contributed by atoms with Crippen LogP contribution in [0, 0.1) is 13.8 Å². The van der Waals surface area contributed by atoms with Crippen LogP contribution in [0.3, 0.4) is 0 Å². The molecule has 2 heterocycles. The van der Waals surface area contributed by atoms with Crippen molar-refractivity contribution in [1.29, 1.82) is 0 Å². The predicted molar refractivity (Wildman–Crippen MR) is 71.7 cm³/mol. The van der Waals surface area contributed by atoms with Gasteiger partial charge in [0.15, 0.2) is 6.10 Å². The van der Waals surface area contributed by atoms with Crippen molar-refractivity contribution >= 4 is 23.2 Å². The smallest absolute Gasteiger partial charge is 0.334 e. The molecule has 1 aromatic rings. The summed E-state index contributed by atoms with van der Waals surface area (Å²) in [6.45, 7) is 6.25. The summed E-state index contributed by atoms with van der Waals surface area (Å²) in [5.74, 6) is -1.13. The summed E-state index contributed by atoms with van der Waals surface area (Å²) in [6, 6.07) is 1.86. The van der Waals surface area contributed by atoms with E-state index in [0.29, 0.717) is 11.4 Å². The summed E-state index contributed by atoms with van der Waals surface area (Å²) >= 11 is 1.45. The van der Waals surface area contributed by atoms with Crippen LogP contribution in [-0.4, -0.2) is 47.2 Å².